The summed E-state index contributed by atoms with van der Waals surface area (Å²) in [5.74, 6) is 1.94. The Morgan fingerprint density at radius 3 is 2.31 bits per heavy atom. The van der Waals surface area contributed by atoms with Crippen molar-refractivity contribution in [1.82, 2.24) is 4.57 Å². The third kappa shape index (κ3) is 3.11. The monoisotopic (exact) mass is 343 g/mol. The summed E-state index contributed by atoms with van der Waals surface area (Å²) >= 11 is 0. The van der Waals surface area contributed by atoms with Crippen LogP contribution in [0.4, 0.5) is 0 Å². The molecule has 5 nitrogen and oxygen atoms in total. The summed E-state index contributed by atoms with van der Waals surface area (Å²) in [6, 6.07) is 17.1. The lowest BCUT2D eigenvalue weighted by atomic mass is 10.1. The normalized spacial score (nSPS) is 10.0. The van der Waals surface area contributed by atoms with Crippen LogP contribution in [0.2, 0.25) is 0 Å². The first kappa shape index (κ1) is 17.1. The molecular weight excluding hydrogens is 326 g/mol. The van der Waals surface area contributed by atoms with Gasteiger partial charge in [-0.2, -0.15) is 10.5 Å². The van der Waals surface area contributed by atoms with Crippen LogP contribution in [0.25, 0.3) is 17.0 Å². The molecule has 0 aliphatic carbocycles. The summed E-state index contributed by atoms with van der Waals surface area (Å²) in [6.45, 7) is 2.02. The number of methoxy groups -OCH3 is 1. The molecule has 128 valence electrons. The van der Waals surface area contributed by atoms with Gasteiger partial charge in [-0.3, -0.25) is 0 Å². The number of aromatic nitrogens is 1. The van der Waals surface area contributed by atoms with Gasteiger partial charge < -0.3 is 14.0 Å². The van der Waals surface area contributed by atoms with E-state index >= 15 is 0 Å². The number of hydrogen-bond donors (Lipinski definition) is 0. The van der Waals surface area contributed by atoms with Crippen LogP contribution in [0.3, 0.4) is 0 Å². The molecule has 0 aliphatic heterocycles. The van der Waals surface area contributed by atoms with E-state index in [-0.39, 0.29) is 5.57 Å². The number of aryl methyl sites for hydroxylation is 2. The molecule has 3 aromatic rings. The zero-order valence-corrected chi connectivity index (χ0v) is 14.8. The average Bonchev–Trinajstić information content (AvgIpc) is 2.91. The van der Waals surface area contributed by atoms with E-state index in [2.05, 4.69) is 0 Å². The van der Waals surface area contributed by atoms with Crippen LogP contribution in [0.5, 0.6) is 17.4 Å². The van der Waals surface area contributed by atoms with Gasteiger partial charge in [0.1, 0.15) is 29.2 Å². The van der Waals surface area contributed by atoms with Crippen LogP contribution < -0.4 is 9.47 Å². The fourth-order valence-electron chi connectivity index (χ4n) is 2.80. The Kier molecular flexibility index (Phi) is 4.64. The fraction of sp³-hybridized carbons (Fsp3) is 0.143. The largest absolute Gasteiger partial charge is 0.497 e. The minimum absolute atomic E-state index is 0.0256. The highest BCUT2D eigenvalue weighted by atomic mass is 16.5. The van der Waals surface area contributed by atoms with Gasteiger partial charge in [-0.25, -0.2) is 0 Å². The van der Waals surface area contributed by atoms with Crippen LogP contribution in [0, 0.1) is 29.6 Å². The van der Waals surface area contributed by atoms with E-state index < -0.39 is 0 Å². The molecule has 3 rings (SSSR count). The van der Waals surface area contributed by atoms with Crippen LogP contribution in [-0.4, -0.2) is 11.7 Å². The molecule has 1 aromatic heterocycles. The Bertz CT molecular complexity index is 1060. The lowest BCUT2D eigenvalue weighted by Crippen LogP contribution is -1.95. The predicted molar refractivity (Wildman–Crippen MR) is 99.9 cm³/mol. The van der Waals surface area contributed by atoms with Crippen molar-refractivity contribution < 1.29 is 9.47 Å². The molecule has 5 heteroatoms. The molecule has 0 aliphatic rings. The number of hydrogen-bond acceptors (Lipinski definition) is 4. The quantitative estimate of drug-likeness (QED) is 0.643. The van der Waals surface area contributed by atoms with Crippen molar-refractivity contribution in [2.45, 2.75) is 6.92 Å². The molecule has 26 heavy (non-hydrogen) atoms. The molecule has 0 radical (unpaired) electrons. The highest BCUT2D eigenvalue weighted by Crippen LogP contribution is 2.36. The van der Waals surface area contributed by atoms with Crippen molar-refractivity contribution >= 4 is 17.0 Å². The minimum Gasteiger partial charge on any atom is -0.497 e. The maximum absolute atomic E-state index is 9.15. The predicted octanol–water partition coefficient (Wildman–Crippen LogP) is 4.72. The van der Waals surface area contributed by atoms with Crippen molar-refractivity contribution in [2.75, 3.05) is 7.11 Å². The molecule has 0 N–H and O–H groups in total. The van der Waals surface area contributed by atoms with Crippen molar-refractivity contribution in [1.29, 1.82) is 10.5 Å². The van der Waals surface area contributed by atoms with Crippen molar-refractivity contribution in [3.63, 3.8) is 0 Å². The zero-order chi connectivity index (χ0) is 18.7. The molecule has 0 saturated heterocycles. The summed E-state index contributed by atoms with van der Waals surface area (Å²) in [5.41, 5.74) is 2.81. The number of rotatable bonds is 4. The van der Waals surface area contributed by atoms with Gasteiger partial charge in [0, 0.05) is 18.0 Å². The molecule has 2 aromatic carbocycles. The Labute approximate surface area is 151 Å². The van der Waals surface area contributed by atoms with E-state index in [1.165, 1.54) is 0 Å². The van der Waals surface area contributed by atoms with Crippen molar-refractivity contribution in [3.8, 4) is 29.5 Å². The summed E-state index contributed by atoms with van der Waals surface area (Å²) in [5, 5.41) is 19.2. The number of nitrogens with zero attached hydrogens (tertiary/aromatic N) is 3. The smallest absolute Gasteiger partial charge is 0.208 e. The number of fused-ring (bicyclic) bond motifs is 1. The molecule has 0 spiro atoms. The first-order valence-corrected chi connectivity index (χ1v) is 8.00. The second-order valence-electron chi connectivity index (χ2n) is 5.86. The highest BCUT2D eigenvalue weighted by Gasteiger charge is 2.17. The summed E-state index contributed by atoms with van der Waals surface area (Å²) in [6.07, 6.45) is 1.57. The molecule has 0 amide bonds. The van der Waals surface area contributed by atoms with E-state index in [1.807, 2.05) is 73.1 Å². The van der Waals surface area contributed by atoms with Crippen LogP contribution in [0.1, 0.15) is 11.1 Å². The van der Waals surface area contributed by atoms with E-state index in [0.29, 0.717) is 17.2 Å². The van der Waals surface area contributed by atoms with Gasteiger partial charge in [-0.15, -0.1) is 0 Å². The maximum atomic E-state index is 9.15. The molecule has 1 heterocycles. The molecule has 0 unspecified atom stereocenters. The van der Waals surface area contributed by atoms with Gasteiger partial charge in [0.2, 0.25) is 5.88 Å². The Balaban J connectivity index is 2.19. The van der Waals surface area contributed by atoms with E-state index in [9.17, 15) is 0 Å². The maximum Gasteiger partial charge on any atom is 0.208 e. The van der Waals surface area contributed by atoms with Gasteiger partial charge in [0.15, 0.2) is 0 Å². The lowest BCUT2D eigenvalue weighted by molar-refractivity contribution is 0.411. The number of allylic oxidation sites excluding steroid dienone is 1. The second kappa shape index (κ2) is 7.04. The highest BCUT2D eigenvalue weighted by molar-refractivity contribution is 5.94. The third-order valence-corrected chi connectivity index (χ3v) is 4.14. The van der Waals surface area contributed by atoms with E-state index in [4.69, 9.17) is 20.0 Å². The van der Waals surface area contributed by atoms with Gasteiger partial charge in [0.05, 0.1) is 12.6 Å². The summed E-state index contributed by atoms with van der Waals surface area (Å²) in [4.78, 5) is 0. The number of nitriles is 2. The van der Waals surface area contributed by atoms with E-state index in [1.54, 1.807) is 13.2 Å². The van der Waals surface area contributed by atoms with Crippen LogP contribution >= 0.6 is 0 Å². The molecular formula is C21H17N3O2. The van der Waals surface area contributed by atoms with Crippen molar-refractivity contribution in [2.24, 2.45) is 7.05 Å². The zero-order valence-electron chi connectivity index (χ0n) is 14.8. The molecule has 0 bridgehead atoms. The Morgan fingerprint density at radius 1 is 1.04 bits per heavy atom. The van der Waals surface area contributed by atoms with Crippen molar-refractivity contribution in [3.05, 3.63) is 59.2 Å². The molecule has 0 fully saturated rings. The fourth-order valence-corrected chi connectivity index (χ4v) is 2.80. The molecule has 0 saturated carbocycles. The average molecular weight is 343 g/mol. The number of ether oxygens (including phenoxy) is 2. The second-order valence-corrected chi connectivity index (χ2v) is 5.86. The first-order valence-electron chi connectivity index (χ1n) is 8.00. The standard InChI is InChI=1S/C21H17N3O2/c1-14-4-9-18-19(11-15(12-22)13-23)21(24(2)20(18)10-14)26-17-7-5-16(25-3)6-8-17/h4-11H,1-3H3. The molecule has 0 atom stereocenters. The topological polar surface area (TPSA) is 71.0 Å². The third-order valence-electron chi connectivity index (χ3n) is 4.14. The lowest BCUT2D eigenvalue weighted by Gasteiger charge is -2.09. The van der Waals surface area contributed by atoms with E-state index in [0.717, 1.165) is 22.2 Å². The van der Waals surface area contributed by atoms with Crippen LogP contribution in [0.15, 0.2) is 48.0 Å². The SMILES string of the molecule is COc1ccc(Oc2c(C=C(C#N)C#N)c3ccc(C)cc3n2C)cc1. The van der Waals surface area contributed by atoms with Gasteiger partial charge in [-0.05, 0) is 48.9 Å². The van der Waals surface area contributed by atoms with Crippen LogP contribution in [-0.2, 0) is 7.05 Å². The Morgan fingerprint density at radius 2 is 1.69 bits per heavy atom. The Hall–Kier alpha value is -3.70. The first-order chi connectivity index (χ1) is 12.6. The van der Waals surface area contributed by atoms with Gasteiger partial charge >= 0.3 is 0 Å². The minimum atomic E-state index is 0.0256. The van der Waals surface area contributed by atoms with Gasteiger partial charge in [0.25, 0.3) is 0 Å². The summed E-state index contributed by atoms with van der Waals surface area (Å²) in [7, 11) is 3.51. The summed E-state index contributed by atoms with van der Waals surface area (Å²) < 4.78 is 13.2. The van der Waals surface area contributed by atoms with Gasteiger partial charge in [-0.1, -0.05) is 12.1 Å². The number of benzene rings is 2.